The van der Waals surface area contributed by atoms with Crippen LogP contribution in [0.25, 0.3) is 10.2 Å². The minimum absolute atomic E-state index is 0.322. The molecule has 1 aromatic heterocycles. The van der Waals surface area contributed by atoms with Gasteiger partial charge in [0.1, 0.15) is 0 Å². The highest BCUT2D eigenvalue weighted by Crippen LogP contribution is 2.31. The number of carbonyl (C=O) groups excluding carboxylic acids is 1. The third kappa shape index (κ3) is 3.06. The summed E-state index contributed by atoms with van der Waals surface area (Å²) in [5.41, 5.74) is 1.14. The van der Waals surface area contributed by atoms with Gasteiger partial charge < -0.3 is 0 Å². The van der Waals surface area contributed by atoms with Gasteiger partial charge in [0.25, 0.3) is 5.91 Å². The van der Waals surface area contributed by atoms with Gasteiger partial charge in [-0.1, -0.05) is 40.6 Å². The average molecular weight is 402 g/mol. The monoisotopic (exact) mass is 400 g/mol. The van der Waals surface area contributed by atoms with Crippen LogP contribution >= 0.6 is 50.5 Å². The van der Waals surface area contributed by atoms with Gasteiger partial charge in [-0.05, 0) is 46.3 Å². The Kier molecular flexibility index (Phi) is 4.17. The van der Waals surface area contributed by atoms with Crippen molar-refractivity contribution < 1.29 is 4.79 Å². The van der Waals surface area contributed by atoms with Crippen LogP contribution < -0.4 is 5.32 Å². The van der Waals surface area contributed by atoms with E-state index in [1.807, 2.05) is 18.2 Å². The largest absolute Gasteiger partial charge is 0.298 e. The van der Waals surface area contributed by atoms with Crippen LogP contribution in [0.15, 0.2) is 40.9 Å². The molecule has 1 amide bonds. The number of benzene rings is 2. The molecule has 0 radical (unpaired) electrons. The Balaban J connectivity index is 1.93. The van der Waals surface area contributed by atoms with Crippen LogP contribution in [0.1, 0.15) is 10.4 Å². The first kappa shape index (κ1) is 14.8. The lowest BCUT2D eigenvalue weighted by Gasteiger charge is -2.04. The number of halogens is 3. The van der Waals surface area contributed by atoms with Gasteiger partial charge >= 0.3 is 0 Å². The molecule has 0 fully saturated rings. The number of para-hydroxylation sites is 1. The van der Waals surface area contributed by atoms with Gasteiger partial charge in [0.05, 0.1) is 20.8 Å². The van der Waals surface area contributed by atoms with Crippen LogP contribution in [0.2, 0.25) is 10.0 Å². The maximum atomic E-state index is 12.2. The number of aromatic nitrogens is 1. The van der Waals surface area contributed by atoms with Gasteiger partial charge in [0.15, 0.2) is 5.13 Å². The van der Waals surface area contributed by atoms with Crippen molar-refractivity contribution in [2.45, 2.75) is 0 Å². The number of fused-ring (bicyclic) bond motifs is 1. The summed E-state index contributed by atoms with van der Waals surface area (Å²) in [5, 5.41) is 4.06. The Morgan fingerprint density at radius 3 is 2.81 bits per heavy atom. The molecule has 1 N–H and O–H groups in total. The minimum atomic E-state index is -0.335. The molecule has 7 heteroatoms. The number of nitrogens with one attached hydrogen (secondary N) is 1. The van der Waals surface area contributed by atoms with Gasteiger partial charge in [-0.2, -0.15) is 0 Å². The van der Waals surface area contributed by atoms with Crippen molar-refractivity contribution in [1.82, 2.24) is 4.98 Å². The number of hydrogen-bond donors (Lipinski definition) is 1. The molecule has 0 bridgehead atoms. The van der Waals surface area contributed by atoms with Gasteiger partial charge in [-0.15, -0.1) is 0 Å². The topological polar surface area (TPSA) is 42.0 Å². The van der Waals surface area contributed by atoms with E-state index in [1.54, 1.807) is 12.1 Å². The molecular formula is C14H7BrCl2N2OS. The van der Waals surface area contributed by atoms with E-state index in [9.17, 15) is 4.79 Å². The molecule has 0 aliphatic rings. The van der Waals surface area contributed by atoms with E-state index < -0.39 is 0 Å². The first-order valence-electron chi connectivity index (χ1n) is 5.86. The van der Waals surface area contributed by atoms with E-state index in [2.05, 4.69) is 26.2 Å². The second-order valence-electron chi connectivity index (χ2n) is 4.18. The quantitative estimate of drug-likeness (QED) is 0.605. The summed E-state index contributed by atoms with van der Waals surface area (Å²) < 4.78 is 1.87. The number of rotatable bonds is 2. The smallest absolute Gasteiger partial charge is 0.259 e. The average Bonchev–Trinajstić information content (AvgIpc) is 2.85. The molecule has 0 unspecified atom stereocenters. The molecule has 1 heterocycles. The molecule has 3 nitrogen and oxygen atoms in total. The van der Waals surface area contributed by atoms with Crippen molar-refractivity contribution >= 4 is 71.7 Å². The Bertz CT molecular complexity index is 850. The Hall–Kier alpha value is -1.14. The zero-order valence-corrected chi connectivity index (χ0v) is 14.3. The lowest BCUT2D eigenvalue weighted by atomic mass is 10.2. The summed E-state index contributed by atoms with van der Waals surface area (Å²) in [7, 11) is 0. The number of hydrogen-bond acceptors (Lipinski definition) is 3. The standard InChI is InChI=1S/C14H7BrCl2N2OS/c15-9-2-1-3-11-12(9)18-14(21-11)19-13(20)8-6-7(16)4-5-10(8)17/h1-6H,(H,18,19,20). The van der Waals surface area contributed by atoms with Crippen LogP contribution in [0.3, 0.4) is 0 Å². The van der Waals surface area contributed by atoms with E-state index in [0.717, 1.165) is 14.7 Å². The van der Waals surface area contributed by atoms with Crippen molar-refractivity contribution in [1.29, 1.82) is 0 Å². The molecule has 0 saturated heterocycles. The maximum Gasteiger partial charge on any atom is 0.259 e. The summed E-state index contributed by atoms with van der Waals surface area (Å²) in [5.74, 6) is -0.335. The third-order valence-corrected chi connectivity index (χ3v) is 4.90. The van der Waals surface area contributed by atoms with Crippen LogP contribution in [-0.4, -0.2) is 10.9 Å². The highest BCUT2D eigenvalue weighted by Gasteiger charge is 2.14. The summed E-state index contributed by atoms with van der Waals surface area (Å²) in [4.78, 5) is 16.6. The van der Waals surface area contributed by atoms with E-state index >= 15 is 0 Å². The molecule has 3 rings (SSSR count). The molecule has 0 aliphatic heterocycles. The van der Waals surface area contributed by atoms with Crippen molar-refractivity contribution in [3.05, 3.63) is 56.5 Å². The number of carbonyl (C=O) groups is 1. The van der Waals surface area contributed by atoms with Crippen LogP contribution in [0.5, 0.6) is 0 Å². The summed E-state index contributed by atoms with van der Waals surface area (Å²) in [6.07, 6.45) is 0. The van der Waals surface area contributed by atoms with E-state index in [1.165, 1.54) is 17.4 Å². The van der Waals surface area contributed by atoms with E-state index in [0.29, 0.717) is 20.7 Å². The maximum absolute atomic E-state index is 12.2. The minimum Gasteiger partial charge on any atom is -0.298 e. The van der Waals surface area contributed by atoms with Crippen LogP contribution in [0.4, 0.5) is 5.13 Å². The normalized spacial score (nSPS) is 10.8. The summed E-state index contributed by atoms with van der Waals surface area (Å²) >= 11 is 16.7. The Morgan fingerprint density at radius 1 is 1.24 bits per heavy atom. The SMILES string of the molecule is O=C(Nc1nc2c(Br)cccc2s1)c1cc(Cl)ccc1Cl. The van der Waals surface area contributed by atoms with Crippen LogP contribution in [0, 0.1) is 0 Å². The second-order valence-corrected chi connectivity index (χ2v) is 6.91. The zero-order valence-electron chi connectivity index (χ0n) is 10.4. The van der Waals surface area contributed by atoms with Crippen molar-refractivity contribution in [2.24, 2.45) is 0 Å². The van der Waals surface area contributed by atoms with Gasteiger partial charge in [0, 0.05) is 9.50 Å². The number of thiazole rings is 1. The summed E-state index contributed by atoms with van der Waals surface area (Å²) in [6, 6.07) is 10.5. The molecule has 0 spiro atoms. The number of nitrogens with zero attached hydrogens (tertiary/aromatic N) is 1. The molecule has 2 aromatic carbocycles. The molecule has 106 valence electrons. The number of amides is 1. The fourth-order valence-electron chi connectivity index (χ4n) is 1.80. The van der Waals surface area contributed by atoms with E-state index in [-0.39, 0.29) is 5.91 Å². The molecular weight excluding hydrogens is 395 g/mol. The highest BCUT2D eigenvalue weighted by atomic mass is 79.9. The van der Waals surface area contributed by atoms with Gasteiger partial charge in [-0.3, -0.25) is 10.1 Å². The van der Waals surface area contributed by atoms with E-state index in [4.69, 9.17) is 23.2 Å². The zero-order chi connectivity index (χ0) is 15.0. The predicted molar refractivity (Wildman–Crippen MR) is 91.7 cm³/mol. The van der Waals surface area contributed by atoms with Crippen molar-refractivity contribution in [2.75, 3.05) is 5.32 Å². The summed E-state index contributed by atoms with van der Waals surface area (Å²) in [6.45, 7) is 0. The molecule has 21 heavy (non-hydrogen) atoms. The first-order chi connectivity index (χ1) is 10.0. The Morgan fingerprint density at radius 2 is 2.05 bits per heavy atom. The number of anilines is 1. The fraction of sp³-hybridized carbons (Fsp3) is 0. The molecule has 3 aromatic rings. The van der Waals surface area contributed by atoms with Crippen molar-refractivity contribution in [3.63, 3.8) is 0 Å². The van der Waals surface area contributed by atoms with Crippen LogP contribution in [-0.2, 0) is 0 Å². The highest BCUT2D eigenvalue weighted by molar-refractivity contribution is 9.10. The predicted octanol–water partition coefficient (Wildman–Crippen LogP) is 5.62. The second kappa shape index (κ2) is 5.93. The Labute approximate surface area is 143 Å². The lowest BCUT2D eigenvalue weighted by Crippen LogP contribution is -2.12. The van der Waals surface area contributed by atoms with Gasteiger partial charge in [0.2, 0.25) is 0 Å². The molecule has 0 saturated carbocycles. The first-order valence-corrected chi connectivity index (χ1v) is 8.22. The van der Waals surface area contributed by atoms with Crippen molar-refractivity contribution in [3.8, 4) is 0 Å². The molecule has 0 aliphatic carbocycles. The third-order valence-electron chi connectivity index (χ3n) is 2.76. The molecule has 0 atom stereocenters. The van der Waals surface area contributed by atoms with Gasteiger partial charge in [-0.25, -0.2) is 4.98 Å². The fourth-order valence-corrected chi connectivity index (χ4v) is 3.65. The lowest BCUT2D eigenvalue weighted by molar-refractivity contribution is 0.102.